The van der Waals surface area contributed by atoms with E-state index in [0.717, 1.165) is 52.9 Å². The van der Waals surface area contributed by atoms with Gasteiger partial charge in [-0.1, -0.05) is 41.7 Å². The van der Waals surface area contributed by atoms with Crippen molar-refractivity contribution in [3.63, 3.8) is 0 Å². The maximum absolute atomic E-state index is 12.8. The molecule has 4 rings (SSSR count). The van der Waals surface area contributed by atoms with Crippen molar-refractivity contribution in [2.45, 2.75) is 25.8 Å². The van der Waals surface area contributed by atoms with Crippen LogP contribution in [0.2, 0.25) is 0 Å². The Morgan fingerprint density at radius 1 is 1.04 bits per heavy atom. The molecule has 1 fully saturated rings. The Morgan fingerprint density at radius 2 is 1.85 bits per heavy atom. The number of pyridine rings is 1. The molecule has 0 unspecified atom stereocenters. The first kappa shape index (κ1) is 17.1. The van der Waals surface area contributed by atoms with Crippen molar-refractivity contribution >= 4 is 22.3 Å². The Kier molecular flexibility index (Phi) is 4.97. The van der Waals surface area contributed by atoms with Gasteiger partial charge in [0.15, 0.2) is 5.13 Å². The molecule has 0 spiro atoms. The fourth-order valence-electron chi connectivity index (χ4n) is 3.40. The number of hydroxylamine groups is 3. The first-order valence-electron chi connectivity index (χ1n) is 9.01. The molecular weight excluding hydrogens is 344 g/mol. The molecule has 26 heavy (non-hydrogen) atoms. The van der Waals surface area contributed by atoms with E-state index in [1.54, 1.807) is 17.5 Å². The minimum Gasteiger partial charge on any atom is -0.633 e. The van der Waals surface area contributed by atoms with Gasteiger partial charge in [0.25, 0.3) is 0 Å². The summed E-state index contributed by atoms with van der Waals surface area (Å²) in [5.41, 5.74) is 2.18. The van der Waals surface area contributed by atoms with Crippen molar-refractivity contribution in [2.24, 2.45) is 0 Å². The van der Waals surface area contributed by atoms with Gasteiger partial charge in [-0.15, -0.1) is 0 Å². The number of aromatic nitrogens is 2. The van der Waals surface area contributed by atoms with Crippen molar-refractivity contribution in [3.8, 4) is 10.4 Å². The number of nitrogens with one attached hydrogen (secondary N) is 1. The lowest BCUT2D eigenvalue weighted by Crippen LogP contribution is -2.45. The number of quaternary nitrogens is 1. The van der Waals surface area contributed by atoms with Crippen LogP contribution in [0.3, 0.4) is 0 Å². The number of anilines is 2. The Hall–Kier alpha value is -2.28. The SMILES string of the molecule is [O-][N+]1(Cc2ccnc(Nc3ncc(-c4ccccc4)s3)c2)CCCCC1. The molecule has 2 aromatic heterocycles. The highest BCUT2D eigenvalue weighted by molar-refractivity contribution is 7.18. The standard InChI is InChI=1S/C20H22N4OS/c25-24(11-5-2-6-12-24)15-16-9-10-21-19(13-16)23-20-22-14-18(26-20)17-7-3-1-4-8-17/h1,3-4,7-10,13-14H,2,5-6,11-12,15H2,(H,21,22,23). The lowest BCUT2D eigenvalue weighted by molar-refractivity contribution is -0.898. The molecule has 6 heteroatoms. The molecule has 1 N–H and O–H groups in total. The van der Waals surface area contributed by atoms with Crippen LogP contribution in [0.15, 0.2) is 54.9 Å². The summed E-state index contributed by atoms with van der Waals surface area (Å²) >= 11 is 1.59. The van der Waals surface area contributed by atoms with Gasteiger partial charge in [0.2, 0.25) is 0 Å². The summed E-state index contributed by atoms with van der Waals surface area (Å²) in [7, 11) is 0. The van der Waals surface area contributed by atoms with Crippen LogP contribution in [0.4, 0.5) is 10.9 Å². The second-order valence-corrected chi connectivity index (χ2v) is 7.82. The second-order valence-electron chi connectivity index (χ2n) is 6.79. The Bertz CT molecular complexity index is 859. The molecule has 3 aromatic rings. The van der Waals surface area contributed by atoms with Crippen molar-refractivity contribution in [1.82, 2.24) is 9.97 Å². The van der Waals surface area contributed by atoms with Crippen molar-refractivity contribution in [3.05, 3.63) is 65.6 Å². The van der Waals surface area contributed by atoms with Gasteiger partial charge in [0, 0.05) is 18.0 Å². The van der Waals surface area contributed by atoms with Crippen LogP contribution in [-0.2, 0) is 6.54 Å². The van der Waals surface area contributed by atoms with Gasteiger partial charge in [0.05, 0.1) is 18.0 Å². The summed E-state index contributed by atoms with van der Waals surface area (Å²) in [4.78, 5) is 9.94. The normalized spacial score (nSPS) is 16.3. The molecule has 0 aliphatic carbocycles. The highest BCUT2D eigenvalue weighted by Crippen LogP contribution is 2.30. The average Bonchev–Trinajstić information content (AvgIpc) is 3.11. The van der Waals surface area contributed by atoms with Gasteiger partial charge in [0.1, 0.15) is 12.4 Å². The van der Waals surface area contributed by atoms with E-state index in [9.17, 15) is 5.21 Å². The summed E-state index contributed by atoms with van der Waals surface area (Å²) in [6.07, 6.45) is 6.87. The minimum atomic E-state index is -0.112. The van der Waals surface area contributed by atoms with E-state index in [-0.39, 0.29) is 4.65 Å². The summed E-state index contributed by atoms with van der Waals surface area (Å²) < 4.78 is -0.112. The lowest BCUT2D eigenvalue weighted by Gasteiger charge is -2.45. The van der Waals surface area contributed by atoms with Crippen molar-refractivity contribution < 1.29 is 4.65 Å². The van der Waals surface area contributed by atoms with Crippen LogP contribution < -0.4 is 5.32 Å². The topological polar surface area (TPSA) is 60.9 Å². The Labute approximate surface area is 157 Å². The molecule has 5 nitrogen and oxygen atoms in total. The van der Waals surface area contributed by atoms with E-state index < -0.39 is 0 Å². The predicted octanol–water partition coefficient (Wildman–Crippen LogP) is 4.95. The minimum absolute atomic E-state index is 0.112. The molecule has 0 saturated carbocycles. The van der Waals surface area contributed by atoms with Crippen LogP contribution in [0.5, 0.6) is 0 Å². The molecule has 0 amide bonds. The fourth-order valence-corrected chi connectivity index (χ4v) is 4.23. The number of hydrogen-bond donors (Lipinski definition) is 1. The summed E-state index contributed by atoms with van der Waals surface area (Å²) in [6, 6.07) is 14.1. The average molecular weight is 366 g/mol. The number of thiazole rings is 1. The molecule has 1 saturated heterocycles. The highest BCUT2D eigenvalue weighted by atomic mass is 32.1. The van der Waals surface area contributed by atoms with Crippen LogP contribution >= 0.6 is 11.3 Å². The van der Waals surface area contributed by atoms with Gasteiger partial charge in [-0.25, -0.2) is 9.97 Å². The van der Waals surface area contributed by atoms with E-state index in [4.69, 9.17) is 0 Å². The summed E-state index contributed by atoms with van der Waals surface area (Å²) in [5, 5.41) is 16.9. The molecule has 3 heterocycles. The number of nitrogens with zero attached hydrogens (tertiary/aromatic N) is 3. The zero-order valence-electron chi connectivity index (χ0n) is 14.6. The maximum atomic E-state index is 12.8. The predicted molar refractivity (Wildman–Crippen MR) is 106 cm³/mol. The van der Waals surface area contributed by atoms with Crippen LogP contribution in [0, 0.1) is 5.21 Å². The smallest absolute Gasteiger partial charge is 0.188 e. The van der Waals surface area contributed by atoms with Crippen LogP contribution in [0.25, 0.3) is 10.4 Å². The van der Waals surface area contributed by atoms with Crippen molar-refractivity contribution in [2.75, 3.05) is 18.4 Å². The number of rotatable bonds is 5. The van der Waals surface area contributed by atoms with E-state index in [1.807, 2.05) is 36.5 Å². The van der Waals surface area contributed by atoms with Gasteiger partial charge in [-0.05, 0) is 37.0 Å². The molecule has 0 radical (unpaired) electrons. The number of benzene rings is 1. The monoisotopic (exact) mass is 366 g/mol. The molecule has 1 aliphatic rings. The molecule has 0 bridgehead atoms. The second kappa shape index (κ2) is 7.53. The third-order valence-electron chi connectivity index (χ3n) is 4.73. The number of piperidine rings is 1. The summed E-state index contributed by atoms with van der Waals surface area (Å²) in [6.45, 7) is 1.96. The molecule has 1 aromatic carbocycles. The quantitative estimate of drug-likeness (QED) is 0.513. The van der Waals surface area contributed by atoms with Gasteiger partial charge >= 0.3 is 0 Å². The Morgan fingerprint density at radius 3 is 2.65 bits per heavy atom. The molecule has 1 aliphatic heterocycles. The molecule has 0 atom stereocenters. The third-order valence-corrected chi connectivity index (χ3v) is 5.69. The number of hydrogen-bond acceptors (Lipinski definition) is 5. The summed E-state index contributed by atoms with van der Waals surface area (Å²) in [5.74, 6) is 0.736. The number of likely N-dealkylation sites (tertiary alicyclic amines) is 1. The highest BCUT2D eigenvalue weighted by Gasteiger charge is 2.21. The third kappa shape index (κ3) is 4.09. The lowest BCUT2D eigenvalue weighted by atomic mass is 10.1. The largest absolute Gasteiger partial charge is 0.633 e. The molecular formula is C20H22N4OS. The van der Waals surface area contributed by atoms with Crippen molar-refractivity contribution in [1.29, 1.82) is 0 Å². The van der Waals surface area contributed by atoms with Gasteiger partial charge in [-0.3, -0.25) is 0 Å². The van der Waals surface area contributed by atoms with E-state index in [1.165, 1.54) is 6.42 Å². The first-order valence-corrected chi connectivity index (χ1v) is 9.82. The Balaban J connectivity index is 1.46. The van der Waals surface area contributed by atoms with Crippen LogP contribution in [-0.4, -0.2) is 27.7 Å². The van der Waals surface area contributed by atoms with Gasteiger partial charge in [-0.2, -0.15) is 0 Å². The molecule has 134 valence electrons. The fraction of sp³-hybridized carbons (Fsp3) is 0.300. The van der Waals surface area contributed by atoms with Gasteiger partial charge < -0.3 is 15.2 Å². The zero-order valence-corrected chi connectivity index (χ0v) is 15.4. The zero-order chi connectivity index (χ0) is 17.8. The van der Waals surface area contributed by atoms with E-state index in [2.05, 4.69) is 27.4 Å². The van der Waals surface area contributed by atoms with E-state index >= 15 is 0 Å². The first-order chi connectivity index (χ1) is 12.7. The van der Waals surface area contributed by atoms with E-state index in [0.29, 0.717) is 6.54 Å². The van der Waals surface area contributed by atoms with Crippen LogP contribution in [0.1, 0.15) is 24.8 Å². The maximum Gasteiger partial charge on any atom is 0.188 e.